The minimum Gasteiger partial charge on any atom is -0.352 e. The first-order chi connectivity index (χ1) is 17.2. The summed E-state index contributed by atoms with van der Waals surface area (Å²) >= 11 is 0. The quantitative estimate of drug-likeness (QED) is 0.340. The van der Waals surface area contributed by atoms with Gasteiger partial charge in [-0.25, -0.2) is 9.97 Å². The number of fused-ring (bicyclic) bond motifs is 1. The molecule has 2 aromatic heterocycles. The molecule has 1 amide bonds. The van der Waals surface area contributed by atoms with Crippen molar-refractivity contribution in [2.75, 3.05) is 11.9 Å². The van der Waals surface area contributed by atoms with Crippen LogP contribution < -0.4 is 10.6 Å². The third-order valence-electron chi connectivity index (χ3n) is 5.88. The minimum atomic E-state index is -0.0955. The molecule has 0 saturated heterocycles. The molecule has 0 spiro atoms. The van der Waals surface area contributed by atoms with E-state index in [4.69, 9.17) is 0 Å². The number of carbonyl (C=O) groups excluding carboxylic acids is 1. The smallest absolute Gasteiger partial charge is 0.251 e. The van der Waals surface area contributed by atoms with E-state index in [1.165, 1.54) is 5.56 Å². The van der Waals surface area contributed by atoms with E-state index in [0.717, 1.165) is 28.8 Å². The lowest BCUT2D eigenvalue weighted by Crippen LogP contribution is -2.26. The van der Waals surface area contributed by atoms with Crippen LogP contribution in [0.3, 0.4) is 0 Å². The second-order valence-electron chi connectivity index (χ2n) is 8.32. The third kappa shape index (κ3) is 5.19. The van der Waals surface area contributed by atoms with Gasteiger partial charge in [0.2, 0.25) is 5.95 Å². The third-order valence-corrected chi connectivity index (χ3v) is 5.88. The number of carbonyl (C=O) groups is 1. The number of hydrogen-bond acceptors (Lipinski definition) is 5. The topological polar surface area (TPSA) is 84.7 Å². The van der Waals surface area contributed by atoms with E-state index in [1.54, 1.807) is 12.5 Å². The number of nitrogens with zero attached hydrogens (tertiary/aromatic N) is 4. The predicted octanol–water partition coefficient (Wildman–Crippen LogP) is 4.96. The number of aromatic nitrogens is 4. The van der Waals surface area contributed by atoms with Gasteiger partial charge in [-0.05, 0) is 54.8 Å². The Kier molecular flexibility index (Phi) is 6.48. The number of hydrogen-bond donors (Lipinski definition) is 2. The Morgan fingerprint density at radius 1 is 0.943 bits per heavy atom. The summed E-state index contributed by atoms with van der Waals surface area (Å²) in [5, 5.41) is 6.36. The summed E-state index contributed by atoms with van der Waals surface area (Å²) in [5.74, 6) is 1.15. The maximum absolute atomic E-state index is 12.7. The van der Waals surface area contributed by atoms with Gasteiger partial charge < -0.3 is 10.6 Å². The summed E-state index contributed by atoms with van der Waals surface area (Å²) in [4.78, 5) is 26.2. The fourth-order valence-corrected chi connectivity index (χ4v) is 3.99. The first-order valence-corrected chi connectivity index (χ1v) is 11.6. The van der Waals surface area contributed by atoms with E-state index >= 15 is 0 Å². The number of benzene rings is 3. The van der Waals surface area contributed by atoms with Crippen LogP contribution in [0.4, 0.5) is 5.95 Å². The Morgan fingerprint density at radius 3 is 2.66 bits per heavy atom. The SMILES string of the molecule is C[C@H](Nc1nccc(-n2cnc3ccccc32)n1)c1cccc(C(=O)NCCc2ccccc2)c1. The van der Waals surface area contributed by atoms with Crippen LogP contribution in [0.5, 0.6) is 0 Å². The lowest BCUT2D eigenvalue weighted by atomic mass is 10.0. The fourth-order valence-electron chi connectivity index (χ4n) is 3.99. The van der Waals surface area contributed by atoms with Crippen molar-refractivity contribution in [1.29, 1.82) is 0 Å². The molecule has 0 unspecified atom stereocenters. The van der Waals surface area contributed by atoms with Gasteiger partial charge in [0.05, 0.1) is 17.1 Å². The van der Waals surface area contributed by atoms with Crippen LogP contribution >= 0.6 is 0 Å². The normalized spacial score (nSPS) is 11.8. The summed E-state index contributed by atoms with van der Waals surface area (Å²) in [6, 6.07) is 27.4. The van der Waals surface area contributed by atoms with Crippen molar-refractivity contribution < 1.29 is 4.79 Å². The van der Waals surface area contributed by atoms with Gasteiger partial charge >= 0.3 is 0 Å². The van der Waals surface area contributed by atoms with Crippen molar-refractivity contribution in [1.82, 2.24) is 24.8 Å². The van der Waals surface area contributed by atoms with Gasteiger partial charge in [-0.1, -0.05) is 54.6 Å². The lowest BCUT2D eigenvalue weighted by Gasteiger charge is -2.16. The minimum absolute atomic E-state index is 0.0831. The van der Waals surface area contributed by atoms with Gasteiger partial charge in [0.15, 0.2) is 0 Å². The number of nitrogens with one attached hydrogen (secondary N) is 2. The molecule has 35 heavy (non-hydrogen) atoms. The number of para-hydroxylation sites is 2. The van der Waals surface area contributed by atoms with Crippen LogP contribution in [0.15, 0.2) is 97.5 Å². The Bertz CT molecular complexity index is 1450. The molecule has 0 aliphatic rings. The zero-order valence-corrected chi connectivity index (χ0v) is 19.4. The number of amides is 1. The summed E-state index contributed by atoms with van der Waals surface area (Å²) in [7, 11) is 0. The van der Waals surface area contributed by atoms with Crippen LogP contribution in [0.2, 0.25) is 0 Å². The van der Waals surface area contributed by atoms with Gasteiger partial charge in [0.25, 0.3) is 5.91 Å². The number of anilines is 1. The van der Waals surface area contributed by atoms with E-state index in [-0.39, 0.29) is 11.9 Å². The molecule has 3 aromatic carbocycles. The van der Waals surface area contributed by atoms with E-state index in [0.29, 0.717) is 18.1 Å². The highest BCUT2D eigenvalue weighted by Gasteiger charge is 2.12. The molecule has 0 aliphatic heterocycles. The van der Waals surface area contributed by atoms with Crippen LogP contribution in [-0.2, 0) is 6.42 Å². The Labute approximate surface area is 203 Å². The van der Waals surface area contributed by atoms with Gasteiger partial charge in [0, 0.05) is 18.3 Å². The lowest BCUT2D eigenvalue weighted by molar-refractivity contribution is 0.0954. The number of rotatable bonds is 8. The second kappa shape index (κ2) is 10.2. The van der Waals surface area contributed by atoms with Crippen molar-refractivity contribution in [2.24, 2.45) is 0 Å². The fraction of sp³-hybridized carbons (Fsp3) is 0.143. The molecule has 7 nitrogen and oxygen atoms in total. The summed E-state index contributed by atoms with van der Waals surface area (Å²) in [6.07, 6.45) is 4.28. The molecule has 0 fully saturated rings. The molecular weight excluding hydrogens is 436 g/mol. The first-order valence-electron chi connectivity index (χ1n) is 11.6. The Balaban J connectivity index is 1.25. The summed E-state index contributed by atoms with van der Waals surface area (Å²) in [5.41, 5.74) is 4.70. The van der Waals surface area contributed by atoms with E-state index in [9.17, 15) is 4.79 Å². The highest BCUT2D eigenvalue weighted by molar-refractivity contribution is 5.94. The van der Waals surface area contributed by atoms with Crippen molar-refractivity contribution >= 4 is 22.9 Å². The average Bonchev–Trinajstić information content (AvgIpc) is 3.34. The molecular formula is C28H26N6O. The highest BCUT2D eigenvalue weighted by atomic mass is 16.1. The molecule has 1 atom stereocenters. The largest absolute Gasteiger partial charge is 0.352 e. The number of imidazole rings is 1. The van der Waals surface area contributed by atoms with Gasteiger partial charge in [-0.3, -0.25) is 9.36 Å². The van der Waals surface area contributed by atoms with Crippen LogP contribution in [0.1, 0.15) is 34.5 Å². The van der Waals surface area contributed by atoms with Gasteiger partial charge in [-0.15, -0.1) is 0 Å². The maximum atomic E-state index is 12.7. The summed E-state index contributed by atoms with van der Waals surface area (Å²) < 4.78 is 1.94. The maximum Gasteiger partial charge on any atom is 0.251 e. The van der Waals surface area contributed by atoms with E-state index in [2.05, 4.69) is 37.7 Å². The molecule has 2 heterocycles. The Morgan fingerprint density at radius 2 is 1.77 bits per heavy atom. The molecule has 7 heteroatoms. The molecule has 5 rings (SSSR count). The summed E-state index contributed by atoms with van der Waals surface area (Å²) in [6.45, 7) is 2.61. The van der Waals surface area contributed by atoms with Crippen LogP contribution in [0, 0.1) is 0 Å². The second-order valence-corrected chi connectivity index (χ2v) is 8.32. The molecule has 5 aromatic rings. The highest BCUT2D eigenvalue weighted by Crippen LogP contribution is 2.20. The monoisotopic (exact) mass is 462 g/mol. The molecule has 0 bridgehead atoms. The molecule has 0 aliphatic carbocycles. The van der Waals surface area contributed by atoms with Gasteiger partial charge in [-0.2, -0.15) is 4.98 Å². The molecule has 0 radical (unpaired) electrons. The average molecular weight is 463 g/mol. The van der Waals surface area contributed by atoms with Crippen molar-refractivity contribution in [3.05, 3.63) is 114 Å². The van der Waals surface area contributed by atoms with Gasteiger partial charge in [0.1, 0.15) is 12.1 Å². The molecule has 2 N–H and O–H groups in total. The van der Waals surface area contributed by atoms with E-state index < -0.39 is 0 Å². The van der Waals surface area contributed by atoms with Crippen molar-refractivity contribution in [3.63, 3.8) is 0 Å². The first kappa shape index (κ1) is 22.3. The predicted molar refractivity (Wildman–Crippen MR) is 138 cm³/mol. The molecule has 0 saturated carbocycles. The van der Waals surface area contributed by atoms with E-state index in [1.807, 2.05) is 84.3 Å². The van der Waals surface area contributed by atoms with Crippen molar-refractivity contribution in [3.8, 4) is 5.82 Å². The zero-order valence-electron chi connectivity index (χ0n) is 19.4. The standard InChI is InChI=1S/C28H26N6O/c1-20(22-10-7-11-23(18-22)27(35)29-16-14-21-8-3-2-4-9-21)32-28-30-17-15-26(33-28)34-19-31-24-12-5-6-13-25(24)34/h2-13,15,17-20H,14,16H2,1H3,(H,29,35)(H,30,32,33)/t20-/m0/s1. The Hall–Kier alpha value is -4.52. The van der Waals surface area contributed by atoms with Crippen LogP contribution in [-0.4, -0.2) is 32.0 Å². The van der Waals surface area contributed by atoms with Crippen LogP contribution in [0.25, 0.3) is 16.9 Å². The van der Waals surface area contributed by atoms with Crippen molar-refractivity contribution in [2.45, 2.75) is 19.4 Å². The zero-order chi connectivity index (χ0) is 24.0. The molecule has 174 valence electrons.